The van der Waals surface area contributed by atoms with Gasteiger partial charge in [-0.15, -0.1) is 0 Å². The van der Waals surface area contributed by atoms with E-state index in [2.05, 4.69) is 31.4 Å². The molecule has 0 bridgehead atoms. The van der Waals surface area contributed by atoms with Crippen molar-refractivity contribution < 1.29 is 9.59 Å². The molecule has 132 valence electrons. The summed E-state index contributed by atoms with van der Waals surface area (Å²) in [7, 11) is 0. The lowest BCUT2D eigenvalue weighted by atomic mass is 9.86. The summed E-state index contributed by atoms with van der Waals surface area (Å²) >= 11 is 11.9. The number of halogens is 2. The van der Waals surface area contributed by atoms with Gasteiger partial charge >= 0.3 is 0 Å². The molecule has 0 saturated carbocycles. The second-order valence-corrected chi connectivity index (χ2v) is 7.54. The van der Waals surface area contributed by atoms with E-state index in [0.29, 0.717) is 21.4 Å². The van der Waals surface area contributed by atoms with E-state index in [1.54, 1.807) is 12.1 Å². The first kappa shape index (κ1) is 19.3. The second kappa shape index (κ2) is 7.89. The van der Waals surface area contributed by atoms with Gasteiger partial charge in [-0.1, -0.05) is 62.2 Å². The fraction of sp³-hybridized carbons (Fsp3) is 0.263. The summed E-state index contributed by atoms with van der Waals surface area (Å²) in [6.07, 6.45) is -0.318. The van der Waals surface area contributed by atoms with Gasteiger partial charge in [0.2, 0.25) is 11.8 Å². The number of benzene rings is 2. The highest BCUT2D eigenvalue weighted by Gasteiger charge is 2.19. The van der Waals surface area contributed by atoms with E-state index in [0.717, 1.165) is 5.56 Å². The number of anilines is 2. The lowest BCUT2D eigenvalue weighted by molar-refractivity contribution is -0.123. The Morgan fingerprint density at radius 2 is 1.52 bits per heavy atom. The molecular formula is C19H20Cl2N2O2. The number of carbonyl (C=O) groups excluding carboxylic acids is 2. The maximum atomic E-state index is 12.2. The Labute approximate surface area is 157 Å². The Morgan fingerprint density at radius 3 is 2.16 bits per heavy atom. The molecule has 0 spiro atoms. The SMILES string of the molecule is CC(C)(C)c1ccccc1NC(=O)CC(=O)Nc1cc(Cl)ccc1Cl. The van der Waals surface area contributed by atoms with Crippen LogP contribution in [-0.2, 0) is 15.0 Å². The van der Waals surface area contributed by atoms with Gasteiger partial charge in [-0.2, -0.15) is 0 Å². The van der Waals surface area contributed by atoms with Gasteiger partial charge in [0.1, 0.15) is 6.42 Å². The lowest BCUT2D eigenvalue weighted by Gasteiger charge is -2.23. The molecule has 2 rings (SSSR count). The quantitative estimate of drug-likeness (QED) is 0.712. The van der Waals surface area contributed by atoms with Gasteiger partial charge in [0.15, 0.2) is 0 Å². The molecule has 0 aliphatic rings. The summed E-state index contributed by atoms with van der Waals surface area (Å²) in [5, 5.41) is 6.20. The van der Waals surface area contributed by atoms with Crippen LogP contribution in [0.2, 0.25) is 10.0 Å². The minimum atomic E-state index is -0.463. The van der Waals surface area contributed by atoms with E-state index in [-0.39, 0.29) is 11.8 Å². The minimum Gasteiger partial charge on any atom is -0.325 e. The fourth-order valence-electron chi connectivity index (χ4n) is 2.37. The van der Waals surface area contributed by atoms with E-state index in [1.165, 1.54) is 6.07 Å². The predicted octanol–water partition coefficient (Wildman–Crippen LogP) is 5.26. The zero-order valence-corrected chi connectivity index (χ0v) is 15.8. The van der Waals surface area contributed by atoms with Crippen LogP contribution in [0.1, 0.15) is 32.8 Å². The third-order valence-corrected chi connectivity index (χ3v) is 4.10. The molecule has 25 heavy (non-hydrogen) atoms. The first-order valence-corrected chi connectivity index (χ1v) is 8.56. The van der Waals surface area contributed by atoms with Crippen LogP contribution in [0.4, 0.5) is 11.4 Å². The molecule has 2 N–H and O–H groups in total. The third-order valence-electron chi connectivity index (χ3n) is 3.53. The van der Waals surface area contributed by atoms with E-state index in [1.807, 2.05) is 24.3 Å². The second-order valence-electron chi connectivity index (χ2n) is 6.69. The number of para-hydroxylation sites is 1. The van der Waals surface area contributed by atoms with Crippen molar-refractivity contribution in [1.29, 1.82) is 0 Å². The number of carbonyl (C=O) groups is 2. The van der Waals surface area contributed by atoms with Crippen LogP contribution in [0.3, 0.4) is 0 Å². The standard InChI is InChI=1S/C19H20Cl2N2O2/c1-19(2,3)13-6-4-5-7-15(13)22-17(24)11-18(25)23-16-10-12(20)8-9-14(16)21/h4-10H,11H2,1-3H3,(H,22,24)(H,23,25). The average Bonchev–Trinajstić information content (AvgIpc) is 2.50. The number of rotatable bonds is 4. The number of amides is 2. The van der Waals surface area contributed by atoms with Crippen molar-refractivity contribution in [2.45, 2.75) is 32.6 Å². The molecule has 0 atom stereocenters. The Hall–Kier alpha value is -2.04. The zero-order valence-electron chi connectivity index (χ0n) is 14.3. The molecule has 0 fully saturated rings. The van der Waals surface area contributed by atoms with E-state index in [9.17, 15) is 9.59 Å². The Bertz CT molecular complexity index is 798. The highest BCUT2D eigenvalue weighted by molar-refractivity contribution is 6.35. The zero-order chi connectivity index (χ0) is 18.6. The summed E-state index contributed by atoms with van der Waals surface area (Å²) in [6.45, 7) is 6.18. The highest BCUT2D eigenvalue weighted by Crippen LogP contribution is 2.29. The van der Waals surface area contributed by atoms with Crippen molar-refractivity contribution >= 4 is 46.4 Å². The van der Waals surface area contributed by atoms with Crippen LogP contribution < -0.4 is 10.6 Å². The van der Waals surface area contributed by atoms with Gasteiger partial charge in [-0.3, -0.25) is 9.59 Å². The fourth-order valence-corrected chi connectivity index (χ4v) is 2.71. The van der Waals surface area contributed by atoms with E-state index < -0.39 is 11.8 Å². The first-order chi connectivity index (χ1) is 11.7. The Kier molecular flexibility index (Phi) is 6.09. The Balaban J connectivity index is 2.03. The summed E-state index contributed by atoms with van der Waals surface area (Å²) < 4.78 is 0. The minimum absolute atomic E-state index is 0.125. The van der Waals surface area contributed by atoms with Crippen LogP contribution >= 0.6 is 23.2 Å². The Morgan fingerprint density at radius 1 is 0.920 bits per heavy atom. The normalized spacial score (nSPS) is 11.1. The largest absolute Gasteiger partial charge is 0.325 e. The topological polar surface area (TPSA) is 58.2 Å². The molecule has 2 aromatic rings. The molecule has 0 aliphatic carbocycles. The van der Waals surface area contributed by atoms with Crippen molar-refractivity contribution in [2.24, 2.45) is 0 Å². The highest BCUT2D eigenvalue weighted by atomic mass is 35.5. The third kappa shape index (κ3) is 5.48. The monoisotopic (exact) mass is 378 g/mol. The molecule has 0 aliphatic heterocycles. The number of nitrogens with one attached hydrogen (secondary N) is 2. The van der Waals surface area contributed by atoms with Gasteiger partial charge in [0, 0.05) is 10.7 Å². The van der Waals surface area contributed by atoms with Crippen LogP contribution in [-0.4, -0.2) is 11.8 Å². The van der Waals surface area contributed by atoms with E-state index in [4.69, 9.17) is 23.2 Å². The molecule has 6 heteroatoms. The van der Waals surface area contributed by atoms with Crippen molar-refractivity contribution in [2.75, 3.05) is 10.6 Å². The van der Waals surface area contributed by atoms with Crippen LogP contribution in [0.25, 0.3) is 0 Å². The summed E-state index contributed by atoms with van der Waals surface area (Å²) in [6, 6.07) is 12.3. The van der Waals surface area contributed by atoms with Gasteiger partial charge in [0.25, 0.3) is 0 Å². The van der Waals surface area contributed by atoms with E-state index >= 15 is 0 Å². The van der Waals surface area contributed by atoms with Crippen molar-refractivity contribution in [3.63, 3.8) is 0 Å². The molecule has 2 aromatic carbocycles. The van der Waals surface area contributed by atoms with Crippen LogP contribution in [0.15, 0.2) is 42.5 Å². The summed E-state index contributed by atoms with van der Waals surface area (Å²) in [5.41, 5.74) is 1.96. The number of hydrogen-bond donors (Lipinski definition) is 2. The molecule has 2 amide bonds. The molecule has 0 saturated heterocycles. The molecule has 4 nitrogen and oxygen atoms in total. The first-order valence-electron chi connectivity index (χ1n) is 7.81. The van der Waals surface area contributed by atoms with Crippen molar-refractivity contribution in [3.8, 4) is 0 Å². The van der Waals surface area contributed by atoms with Crippen molar-refractivity contribution in [3.05, 3.63) is 58.1 Å². The number of hydrogen-bond acceptors (Lipinski definition) is 2. The summed E-state index contributed by atoms with van der Waals surface area (Å²) in [5.74, 6) is -0.859. The lowest BCUT2D eigenvalue weighted by Crippen LogP contribution is -2.23. The van der Waals surface area contributed by atoms with Gasteiger partial charge in [-0.25, -0.2) is 0 Å². The molecule has 0 heterocycles. The maximum Gasteiger partial charge on any atom is 0.233 e. The van der Waals surface area contributed by atoms with Crippen LogP contribution in [0.5, 0.6) is 0 Å². The summed E-state index contributed by atoms with van der Waals surface area (Å²) in [4.78, 5) is 24.3. The van der Waals surface area contributed by atoms with Gasteiger partial charge in [0.05, 0.1) is 10.7 Å². The average molecular weight is 379 g/mol. The van der Waals surface area contributed by atoms with Crippen molar-refractivity contribution in [1.82, 2.24) is 0 Å². The molecule has 0 radical (unpaired) electrons. The van der Waals surface area contributed by atoms with Gasteiger partial charge in [-0.05, 0) is 35.2 Å². The maximum absolute atomic E-state index is 12.2. The van der Waals surface area contributed by atoms with Gasteiger partial charge < -0.3 is 10.6 Å². The smallest absolute Gasteiger partial charge is 0.233 e. The predicted molar refractivity (Wildman–Crippen MR) is 103 cm³/mol. The van der Waals surface area contributed by atoms with Crippen LogP contribution in [0, 0.1) is 0 Å². The molecule has 0 unspecified atom stereocenters. The molecular weight excluding hydrogens is 359 g/mol. The molecule has 0 aromatic heterocycles.